The predicted octanol–water partition coefficient (Wildman–Crippen LogP) is 3.74. The molecule has 5 nitrogen and oxygen atoms in total. The summed E-state index contributed by atoms with van der Waals surface area (Å²) in [6.07, 6.45) is 0. The second-order valence-electron chi connectivity index (χ2n) is 4.53. The van der Waals surface area contributed by atoms with Gasteiger partial charge >= 0.3 is 0 Å². The zero-order chi connectivity index (χ0) is 15.4. The molecule has 0 heterocycles. The van der Waals surface area contributed by atoms with Gasteiger partial charge in [0.2, 0.25) is 0 Å². The van der Waals surface area contributed by atoms with Gasteiger partial charge in [0.1, 0.15) is 0 Å². The van der Waals surface area contributed by atoms with E-state index in [0.717, 1.165) is 5.56 Å². The third-order valence-electron chi connectivity index (χ3n) is 3.05. The molecule has 0 saturated carbocycles. The Morgan fingerprint density at radius 2 is 1.90 bits per heavy atom. The van der Waals surface area contributed by atoms with Crippen LogP contribution in [-0.2, 0) is 0 Å². The standard InChI is InChI=1S/C15H13ClN2O3/c1-10(11-5-3-2-4-6-11)17-15(19)13-9-12(18(20)21)7-8-14(13)16/h2-10H,1H3,(H,17,19)/t10-/m0/s1. The summed E-state index contributed by atoms with van der Waals surface area (Å²) in [5.74, 6) is -0.444. The Kier molecular flexibility index (Phi) is 4.55. The topological polar surface area (TPSA) is 72.2 Å². The largest absolute Gasteiger partial charge is 0.345 e. The Bertz CT molecular complexity index is 674. The lowest BCUT2D eigenvalue weighted by Gasteiger charge is -2.14. The van der Waals surface area contributed by atoms with Crippen molar-refractivity contribution in [2.75, 3.05) is 0 Å². The first-order chi connectivity index (χ1) is 9.99. The molecule has 0 radical (unpaired) electrons. The minimum absolute atomic E-state index is 0.0913. The number of carbonyl (C=O) groups is 1. The van der Waals surface area contributed by atoms with E-state index in [2.05, 4.69) is 5.32 Å². The molecule has 0 aliphatic carbocycles. The van der Waals surface area contributed by atoms with Crippen LogP contribution >= 0.6 is 11.6 Å². The summed E-state index contributed by atoms with van der Waals surface area (Å²) < 4.78 is 0. The molecule has 6 heteroatoms. The lowest BCUT2D eigenvalue weighted by Crippen LogP contribution is -2.26. The van der Waals surface area contributed by atoms with Gasteiger partial charge in [0, 0.05) is 12.1 Å². The van der Waals surface area contributed by atoms with E-state index in [9.17, 15) is 14.9 Å². The van der Waals surface area contributed by atoms with Crippen molar-refractivity contribution < 1.29 is 9.72 Å². The zero-order valence-electron chi connectivity index (χ0n) is 11.2. The average Bonchev–Trinajstić information content (AvgIpc) is 2.48. The fraction of sp³-hybridized carbons (Fsp3) is 0.133. The van der Waals surface area contributed by atoms with Gasteiger partial charge in [-0.1, -0.05) is 41.9 Å². The third kappa shape index (κ3) is 3.58. The first-order valence-corrected chi connectivity index (χ1v) is 6.66. The number of nitro benzene ring substituents is 1. The van der Waals surface area contributed by atoms with Crippen LogP contribution in [0.4, 0.5) is 5.69 Å². The van der Waals surface area contributed by atoms with Gasteiger partial charge in [0.15, 0.2) is 0 Å². The highest BCUT2D eigenvalue weighted by Gasteiger charge is 2.17. The van der Waals surface area contributed by atoms with E-state index >= 15 is 0 Å². The Balaban J connectivity index is 2.21. The maximum atomic E-state index is 12.2. The number of nitrogens with one attached hydrogen (secondary N) is 1. The summed E-state index contributed by atoms with van der Waals surface area (Å²) in [6, 6.07) is 13.0. The van der Waals surface area contributed by atoms with Crippen LogP contribution in [-0.4, -0.2) is 10.8 Å². The number of rotatable bonds is 4. The number of carbonyl (C=O) groups excluding carboxylic acids is 1. The second-order valence-corrected chi connectivity index (χ2v) is 4.93. The van der Waals surface area contributed by atoms with Crippen molar-refractivity contribution in [2.45, 2.75) is 13.0 Å². The number of nitrogens with zero attached hydrogens (tertiary/aromatic N) is 1. The first kappa shape index (κ1) is 15.0. The van der Waals surface area contributed by atoms with E-state index < -0.39 is 10.8 Å². The van der Waals surface area contributed by atoms with E-state index in [1.807, 2.05) is 37.3 Å². The van der Waals surface area contributed by atoms with Gasteiger partial charge in [-0.2, -0.15) is 0 Å². The Morgan fingerprint density at radius 1 is 1.24 bits per heavy atom. The number of non-ortho nitro benzene ring substituents is 1. The molecule has 2 aromatic rings. The van der Waals surface area contributed by atoms with Crippen LogP contribution in [0.3, 0.4) is 0 Å². The van der Waals surface area contributed by atoms with Gasteiger partial charge < -0.3 is 5.32 Å². The summed E-state index contributed by atoms with van der Waals surface area (Å²) in [6.45, 7) is 1.83. The number of nitro groups is 1. The Labute approximate surface area is 126 Å². The van der Waals surface area contributed by atoms with Crippen LogP contribution in [0.1, 0.15) is 28.9 Å². The lowest BCUT2D eigenvalue weighted by atomic mass is 10.1. The minimum Gasteiger partial charge on any atom is -0.345 e. The van der Waals surface area contributed by atoms with E-state index in [0.29, 0.717) is 0 Å². The van der Waals surface area contributed by atoms with Gasteiger partial charge in [-0.25, -0.2) is 0 Å². The normalized spacial score (nSPS) is 11.7. The molecule has 0 aliphatic heterocycles. The molecule has 1 atom stereocenters. The van der Waals surface area contributed by atoms with Crippen molar-refractivity contribution >= 4 is 23.2 Å². The Hall–Kier alpha value is -2.40. The van der Waals surface area contributed by atoms with Gasteiger partial charge in [-0.15, -0.1) is 0 Å². The summed E-state index contributed by atoms with van der Waals surface area (Å²) in [4.78, 5) is 22.4. The number of hydrogen-bond acceptors (Lipinski definition) is 3. The third-order valence-corrected chi connectivity index (χ3v) is 3.38. The van der Waals surface area contributed by atoms with Crippen molar-refractivity contribution in [1.82, 2.24) is 5.32 Å². The van der Waals surface area contributed by atoms with Gasteiger partial charge in [-0.3, -0.25) is 14.9 Å². The van der Waals surface area contributed by atoms with Crippen molar-refractivity contribution in [2.24, 2.45) is 0 Å². The molecule has 1 amide bonds. The maximum absolute atomic E-state index is 12.2. The maximum Gasteiger partial charge on any atom is 0.270 e. The monoisotopic (exact) mass is 304 g/mol. The molecular weight excluding hydrogens is 292 g/mol. The molecule has 1 N–H and O–H groups in total. The van der Waals surface area contributed by atoms with E-state index in [1.165, 1.54) is 18.2 Å². The lowest BCUT2D eigenvalue weighted by molar-refractivity contribution is -0.384. The van der Waals surface area contributed by atoms with Crippen molar-refractivity contribution in [3.8, 4) is 0 Å². The van der Waals surface area contributed by atoms with Gasteiger partial charge in [0.25, 0.3) is 11.6 Å². The number of amides is 1. The number of hydrogen-bond donors (Lipinski definition) is 1. The minimum atomic E-state index is -0.562. The van der Waals surface area contributed by atoms with Crippen molar-refractivity contribution in [1.29, 1.82) is 0 Å². The molecule has 0 bridgehead atoms. The fourth-order valence-electron chi connectivity index (χ4n) is 1.90. The van der Waals surface area contributed by atoms with Crippen LogP contribution in [0, 0.1) is 10.1 Å². The quantitative estimate of drug-likeness (QED) is 0.691. The van der Waals surface area contributed by atoms with E-state index in [1.54, 1.807) is 0 Å². The average molecular weight is 305 g/mol. The van der Waals surface area contributed by atoms with Crippen molar-refractivity contribution in [3.05, 3.63) is 74.8 Å². The van der Waals surface area contributed by atoms with Crippen LogP contribution in [0.5, 0.6) is 0 Å². The highest BCUT2D eigenvalue weighted by atomic mass is 35.5. The molecule has 0 aliphatic rings. The zero-order valence-corrected chi connectivity index (χ0v) is 12.0. The molecule has 0 fully saturated rings. The van der Waals surface area contributed by atoms with E-state index in [-0.39, 0.29) is 22.3 Å². The van der Waals surface area contributed by atoms with Crippen LogP contribution in [0.25, 0.3) is 0 Å². The molecule has 21 heavy (non-hydrogen) atoms. The van der Waals surface area contributed by atoms with Crippen LogP contribution < -0.4 is 5.32 Å². The second kappa shape index (κ2) is 6.37. The van der Waals surface area contributed by atoms with E-state index in [4.69, 9.17) is 11.6 Å². The summed E-state index contributed by atoms with van der Waals surface area (Å²) in [5.41, 5.74) is 0.859. The molecule has 108 valence electrons. The first-order valence-electron chi connectivity index (χ1n) is 6.29. The Morgan fingerprint density at radius 3 is 2.52 bits per heavy atom. The van der Waals surface area contributed by atoms with Gasteiger partial charge in [-0.05, 0) is 18.6 Å². The van der Waals surface area contributed by atoms with Crippen LogP contribution in [0.2, 0.25) is 5.02 Å². The molecule has 2 rings (SSSR count). The van der Waals surface area contributed by atoms with Gasteiger partial charge in [0.05, 0.1) is 21.6 Å². The molecule has 0 unspecified atom stereocenters. The predicted molar refractivity (Wildman–Crippen MR) is 80.4 cm³/mol. The summed E-state index contributed by atoms with van der Waals surface area (Å²) in [5, 5.41) is 13.7. The molecule has 2 aromatic carbocycles. The fourth-order valence-corrected chi connectivity index (χ4v) is 2.10. The molecule has 0 saturated heterocycles. The highest BCUT2D eigenvalue weighted by molar-refractivity contribution is 6.33. The smallest absolute Gasteiger partial charge is 0.270 e. The molecule has 0 aromatic heterocycles. The summed E-state index contributed by atoms with van der Waals surface area (Å²) in [7, 11) is 0. The number of halogens is 1. The van der Waals surface area contributed by atoms with Crippen LogP contribution in [0.15, 0.2) is 48.5 Å². The SMILES string of the molecule is C[C@H](NC(=O)c1cc([N+](=O)[O-])ccc1Cl)c1ccccc1. The molecular formula is C15H13ClN2O3. The summed E-state index contributed by atoms with van der Waals surface area (Å²) >= 11 is 5.94. The molecule has 0 spiro atoms. The highest BCUT2D eigenvalue weighted by Crippen LogP contribution is 2.23. The number of benzene rings is 2. The van der Waals surface area contributed by atoms with Crippen molar-refractivity contribution in [3.63, 3.8) is 0 Å².